The van der Waals surface area contributed by atoms with E-state index in [0.717, 1.165) is 0 Å². The summed E-state index contributed by atoms with van der Waals surface area (Å²) < 4.78 is 352. The van der Waals surface area contributed by atoms with Gasteiger partial charge in [0, 0.05) is 0 Å². The van der Waals surface area contributed by atoms with E-state index in [9.17, 15) is 129 Å². The van der Waals surface area contributed by atoms with Crippen molar-refractivity contribution in [3.8, 4) is 0 Å². The van der Waals surface area contributed by atoms with E-state index in [2.05, 4.69) is 9.47 Å². The van der Waals surface area contributed by atoms with Crippen molar-refractivity contribution in [2.24, 2.45) is 0 Å². The van der Waals surface area contributed by atoms with Crippen molar-refractivity contribution < 1.29 is 142 Å². The first-order valence-electron chi connectivity index (χ1n) is 14.3. The van der Waals surface area contributed by atoms with Crippen LogP contribution in [0.5, 0.6) is 0 Å². The van der Waals surface area contributed by atoms with Crippen LogP contribution in [-0.4, -0.2) is 141 Å². The molecule has 0 aliphatic rings. The number of nitrogens with zero attached hydrogens (tertiary/aromatic N) is 1. The quantitative estimate of drug-likeness (QED) is 0.0764. The zero-order chi connectivity index (χ0) is 47.2. The number of halogens is 26. The highest BCUT2D eigenvalue weighted by Crippen LogP contribution is 2.62. The molecule has 0 aromatic carbocycles. The van der Waals surface area contributed by atoms with Crippen molar-refractivity contribution in [2.75, 3.05) is 40.9 Å². The number of carbonyl (C=O) groups excluding carboxylic acids is 3. The SMILES string of the molecule is C[N+](C)(C)CC(=O)NC(CC(=O)OCCC(F)(F)C(F)(F)C(F)(F)C(F)(F)C(F)(F)C(F)(F)F)C(=O)OCCC(F)(F)C(F)(F)C(F)(F)C(F)(F)C(F)(F)C(F)(F)F. The largest absolute Gasteiger partial charge is 0.465 e. The topological polar surface area (TPSA) is 81.7 Å². The van der Waals surface area contributed by atoms with E-state index in [-0.39, 0.29) is 0 Å². The molecule has 58 heavy (non-hydrogen) atoms. The second-order valence-electron chi connectivity index (χ2n) is 12.7. The molecule has 0 fully saturated rings. The molecule has 0 aromatic rings. The molecule has 0 rings (SSSR count). The van der Waals surface area contributed by atoms with Gasteiger partial charge in [-0.3, -0.25) is 9.59 Å². The number of rotatable bonds is 20. The zero-order valence-corrected chi connectivity index (χ0v) is 28.1. The molecule has 0 aliphatic carbocycles. The van der Waals surface area contributed by atoms with Gasteiger partial charge < -0.3 is 19.3 Å². The normalized spacial score (nSPS) is 15.9. The van der Waals surface area contributed by atoms with E-state index in [1.807, 2.05) is 0 Å². The maximum absolute atomic E-state index is 14.0. The summed E-state index contributed by atoms with van der Waals surface area (Å²) in [6.45, 7) is -5.73. The Labute approximate surface area is 304 Å². The van der Waals surface area contributed by atoms with E-state index >= 15 is 0 Å². The smallest absolute Gasteiger partial charge is 0.460 e. The Morgan fingerprint density at radius 3 is 1.05 bits per heavy atom. The van der Waals surface area contributed by atoms with Crippen LogP contribution in [-0.2, 0) is 23.9 Å². The predicted octanol–water partition coefficient (Wildman–Crippen LogP) is 7.91. The molecular formula is C25H23F26N2O5+. The van der Waals surface area contributed by atoms with Gasteiger partial charge in [0.2, 0.25) is 0 Å². The van der Waals surface area contributed by atoms with E-state index < -0.39 is 139 Å². The summed E-state index contributed by atoms with van der Waals surface area (Å²) >= 11 is 0. The number of hydrogen-bond acceptors (Lipinski definition) is 5. The summed E-state index contributed by atoms with van der Waals surface area (Å²) in [6.07, 6.45) is -23.8. The van der Waals surface area contributed by atoms with E-state index in [4.69, 9.17) is 0 Å². The number of alkyl halides is 26. The van der Waals surface area contributed by atoms with Gasteiger partial charge in [-0.15, -0.1) is 0 Å². The van der Waals surface area contributed by atoms with Gasteiger partial charge in [0.15, 0.2) is 6.54 Å². The van der Waals surface area contributed by atoms with Crippen molar-refractivity contribution in [1.82, 2.24) is 5.32 Å². The van der Waals surface area contributed by atoms with Crippen LogP contribution in [0.2, 0.25) is 0 Å². The average Bonchev–Trinajstić information content (AvgIpc) is 2.97. The van der Waals surface area contributed by atoms with Crippen LogP contribution in [0.15, 0.2) is 0 Å². The van der Waals surface area contributed by atoms with Crippen molar-refractivity contribution in [3.63, 3.8) is 0 Å². The summed E-state index contributed by atoms with van der Waals surface area (Å²) in [5.74, 6) is -84.8. The Morgan fingerprint density at radius 1 is 0.466 bits per heavy atom. The second-order valence-corrected chi connectivity index (χ2v) is 12.7. The molecular weight excluding hydrogens is 902 g/mol. The van der Waals surface area contributed by atoms with Crippen LogP contribution < -0.4 is 5.32 Å². The van der Waals surface area contributed by atoms with Gasteiger partial charge >= 0.3 is 83.5 Å². The molecule has 344 valence electrons. The molecule has 33 heteroatoms. The molecule has 1 atom stereocenters. The predicted molar refractivity (Wildman–Crippen MR) is 132 cm³/mol. The summed E-state index contributed by atoms with van der Waals surface area (Å²) in [7, 11) is 3.60. The van der Waals surface area contributed by atoms with E-state index in [1.54, 1.807) is 0 Å². The molecule has 0 radical (unpaired) electrons. The van der Waals surface area contributed by atoms with Crippen molar-refractivity contribution in [2.45, 2.75) is 96.9 Å². The second kappa shape index (κ2) is 16.2. The molecule has 7 nitrogen and oxygen atoms in total. The first-order chi connectivity index (χ1) is 25.0. The Morgan fingerprint density at radius 2 is 0.759 bits per heavy atom. The molecule has 0 saturated heterocycles. The van der Waals surface area contributed by atoms with Crippen LogP contribution in [0.4, 0.5) is 114 Å². The number of nitrogens with one attached hydrogen (secondary N) is 1. The number of esters is 2. The van der Waals surface area contributed by atoms with Crippen LogP contribution >= 0.6 is 0 Å². The Bertz CT molecular complexity index is 1470. The number of amides is 1. The molecule has 1 N–H and O–H groups in total. The first kappa shape index (κ1) is 54.6. The van der Waals surface area contributed by atoms with Gasteiger partial charge in [-0.05, 0) is 0 Å². The molecule has 0 aliphatic heterocycles. The molecule has 1 amide bonds. The average molecular weight is 925 g/mol. The summed E-state index contributed by atoms with van der Waals surface area (Å²) in [5.41, 5.74) is 0. The van der Waals surface area contributed by atoms with Crippen molar-refractivity contribution in [3.05, 3.63) is 0 Å². The molecule has 0 bridgehead atoms. The number of likely N-dealkylation sites (N-methyl/N-ethyl adjacent to an activating group) is 1. The third-order valence-corrected chi connectivity index (χ3v) is 6.94. The lowest BCUT2D eigenvalue weighted by Crippen LogP contribution is -2.70. The maximum atomic E-state index is 14.0. The number of hydrogen-bond donors (Lipinski definition) is 1. The highest BCUT2D eigenvalue weighted by atomic mass is 19.4. The van der Waals surface area contributed by atoms with E-state index in [1.165, 1.54) is 26.5 Å². The molecule has 1 unspecified atom stereocenters. The van der Waals surface area contributed by atoms with Crippen LogP contribution in [0, 0.1) is 0 Å². The first-order valence-corrected chi connectivity index (χ1v) is 14.3. The number of carbonyl (C=O) groups is 3. The van der Waals surface area contributed by atoms with Crippen molar-refractivity contribution in [1.29, 1.82) is 0 Å². The lowest BCUT2D eigenvalue weighted by atomic mass is 9.93. The zero-order valence-electron chi connectivity index (χ0n) is 28.1. The van der Waals surface area contributed by atoms with Crippen LogP contribution in [0.1, 0.15) is 19.3 Å². The van der Waals surface area contributed by atoms with Gasteiger partial charge in [-0.25, -0.2) is 4.79 Å². The molecule has 0 saturated carbocycles. The van der Waals surface area contributed by atoms with Gasteiger partial charge in [0.25, 0.3) is 5.91 Å². The Hall–Kier alpha value is -3.45. The lowest BCUT2D eigenvalue weighted by Gasteiger charge is -2.39. The molecule has 0 aromatic heterocycles. The monoisotopic (exact) mass is 925 g/mol. The summed E-state index contributed by atoms with van der Waals surface area (Å²) in [6, 6.07) is -2.81. The number of quaternary nitrogens is 1. The van der Waals surface area contributed by atoms with Gasteiger partial charge in [-0.1, -0.05) is 0 Å². The van der Waals surface area contributed by atoms with Gasteiger partial charge in [0.1, 0.15) is 6.04 Å². The number of ether oxygens (including phenoxy) is 2. The molecule has 0 spiro atoms. The highest BCUT2D eigenvalue weighted by Gasteiger charge is 2.92. The summed E-state index contributed by atoms with van der Waals surface area (Å²) in [5, 5.41) is 1.46. The minimum Gasteiger partial charge on any atom is -0.465 e. The minimum absolute atomic E-state index is 0.437. The lowest BCUT2D eigenvalue weighted by molar-refractivity contribution is -0.862. The van der Waals surface area contributed by atoms with E-state index in [0.29, 0.717) is 0 Å². The van der Waals surface area contributed by atoms with Gasteiger partial charge in [-0.2, -0.15) is 114 Å². The van der Waals surface area contributed by atoms with Crippen molar-refractivity contribution >= 4 is 17.8 Å². The molecule has 0 heterocycles. The van der Waals surface area contributed by atoms with Crippen LogP contribution in [0.3, 0.4) is 0 Å². The summed E-state index contributed by atoms with van der Waals surface area (Å²) in [4.78, 5) is 36.6. The fraction of sp³-hybridized carbons (Fsp3) is 0.880. The van der Waals surface area contributed by atoms with Gasteiger partial charge in [0.05, 0.1) is 53.6 Å². The third-order valence-electron chi connectivity index (χ3n) is 6.94. The Balaban J connectivity index is 6.19. The van der Waals surface area contributed by atoms with Crippen LogP contribution in [0.25, 0.3) is 0 Å². The fourth-order valence-corrected chi connectivity index (χ4v) is 3.68. The maximum Gasteiger partial charge on any atom is 0.460 e. The Kier molecular flexibility index (Phi) is 15.2. The fourth-order valence-electron chi connectivity index (χ4n) is 3.68. The highest BCUT2D eigenvalue weighted by molar-refractivity contribution is 5.88. The standard InChI is InChI=1S/C25H22F26N2O5/c1-53(2,3)9-11(54)52-10(13(56)58-7-5-15(28,29)17(32,33)19(36,37)21(40,41)23(44,45)25(49,50)51)8-12(55)57-6-4-14(26,27)16(30,31)18(34,35)20(38,39)22(42,43)24(46,47)48/h10H,4-9H2,1-3H3/p+1. The third kappa shape index (κ3) is 10.1. The minimum atomic E-state index is -8.31.